The molecule has 8 heteroatoms. The molecule has 0 radical (unpaired) electrons. The van der Waals surface area contributed by atoms with E-state index in [9.17, 15) is 14.4 Å². The Morgan fingerprint density at radius 2 is 1.91 bits per heavy atom. The fraction of sp³-hybridized carbons (Fsp3) is 0.667. The predicted octanol–water partition coefficient (Wildman–Crippen LogP) is 1.48. The zero-order valence-corrected chi connectivity index (χ0v) is 15.1. The molecular weight excluding hydrogens is 320 g/mol. The number of rotatable bonds is 8. The van der Waals surface area contributed by atoms with Gasteiger partial charge in [-0.1, -0.05) is 6.08 Å². The second kappa shape index (κ2) is 10.9. The van der Waals surface area contributed by atoms with E-state index in [2.05, 4.69) is 15.4 Å². The number of ether oxygens (including phenoxy) is 2. The van der Waals surface area contributed by atoms with Gasteiger partial charge in [0.15, 0.2) is 0 Å². The molecule has 7 nitrogen and oxygen atoms in total. The fourth-order valence-corrected chi connectivity index (χ4v) is 1.93. The van der Waals surface area contributed by atoms with Gasteiger partial charge in [-0.2, -0.15) is 11.8 Å². The zero-order chi connectivity index (χ0) is 17.9. The third-order valence-electron chi connectivity index (χ3n) is 2.47. The molecule has 0 aliphatic rings. The lowest BCUT2D eigenvalue weighted by molar-refractivity contribution is -0.134. The molecule has 0 aliphatic carbocycles. The molecular formula is C15H26N2O5S. The number of hydrogen-bond acceptors (Lipinski definition) is 6. The molecule has 0 spiro atoms. The van der Waals surface area contributed by atoms with E-state index >= 15 is 0 Å². The van der Waals surface area contributed by atoms with E-state index in [0.29, 0.717) is 12.2 Å². The van der Waals surface area contributed by atoms with E-state index in [1.807, 2.05) is 6.26 Å². The quantitative estimate of drug-likeness (QED) is 0.511. The van der Waals surface area contributed by atoms with Crippen molar-refractivity contribution in [1.82, 2.24) is 10.6 Å². The van der Waals surface area contributed by atoms with Crippen LogP contribution < -0.4 is 10.6 Å². The van der Waals surface area contributed by atoms with Gasteiger partial charge in [-0.25, -0.2) is 9.59 Å². The van der Waals surface area contributed by atoms with Gasteiger partial charge in [0.2, 0.25) is 5.91 Å². The smallest absolute Gasteiger partial charge is 0.408 e. The Balaban J connectivity index is 4.51. The van der Waals surface area contributed by atoms with Crippen molar-refractivity contribution in [1.29, 1.82) is 0 Å². The molecule has 0 fully saturated rings. The maximum atomic E-state index is 12.1. The summed E-state index contributed by atoms with van der Waals surface area (Å²) in [5.41, 5.74) is -0.631. The third-order valence-corrected chi connectivity index (χ3v) is 3.11. The van der Waals surface area contributed by atoms with E-state index < -0.39 is 23.7 Å². The van der Waals surface area contributed by atoms with Gasteiger partial charge in [0.1, 0.15) is 11.6 Å². The number of carbonyl (C=O) groups is 3. The van der Waals surface area contributed by atoms with Crippen LogP contribution in [0.4, 0.5) is 4.79 Å². The van der Waals surface area contributed by atoms with Crippen LogP contribution in [-0.4, -0.2) is 55.3 Å². The Morgan fingerprint density at radius 1 is 1.26 bits per heavy atom. The molecule has 0 saturated heterocycles. The maximum Gasteiger partial charge on any atom is 0.408 e. The molecule has 2 amide bonds. The van der Waals surface area contributed by atoms with Gasteiger partial charge in [-0.05, 0) is 39.2 Å². The van der Waals surface area contributed by atoms with Crippen molar-refractivity contribution in [2.24, 2.45) is 0 Å². The number of thioether (sulfide) groups is 1. The topological polar surface area (TPSA) is 93.7 Å². The van der Waals surface area contributed by atoms with Crippen LogP contribution in [0.2, 0.25) is 0 Å². The van der Waals surface area contributed by atoms with Gasteiger partial charge in [0.25, 0.3) is 0 Å². The number of amides is 2. The van der Waals surface area contributed by atoms with Crippen molar-refractivity contribution in [3.05, 3.63) is 12.2 Å². The number of hydrogen-bond donors (Lipinski definition) is 2. The largest absolute Gasteiger partial charge is 0.466 e. The van der Waals surface area contributed by atoms with Gasteiger partial charge in [-0.3, -0.25) is 4.79 Å². The Kier molecular flexibility index (Phi) is 10.1. The first-order valence-electron chi connectivity index (χ1n) is 7.20. The SMILES string of the molecule is COC(=O)/C=C/CNC(=O)[C@H](CCSC)NC(=O)OC(C)(C)C. The van der Waals surface area contributed by atoms with Crippen LogP contribution in [-0.2, 0) is 19.1 Å². The Hall–Kier alpha value is -1.70. The van der Waals surface area contributed by atoms with E-state index in [-0.39, 0.29) is 12.5 Å². The molecule has 132 valence electrons. The highest BCUT2D eigenvalue weighted by Gasteiger charge is 2.23. The van der Waals surface area contributed by atoms with Crippen LogP contribution in [0.1, 0.15) is 27.2 Å². The minimum absolute atomic E-state index is 0.166. The molecule has 0 saturated carbocycles. The van der Waals surface area contributed by atoms with Crippen molar-refractivity contribution in [2.45, 2.75) is 38.8 Å². The second-order valence-electron chi connectivity index (χ2n) is 5.65. The number of methoxy groups -OCH3 is 1. The molecule has 0 bridgehead atoms. The fourth-order valence-electron chi connectivity index (χ4n) is 1.46. The summed E-state index contributed by atoms with van der Waals surface area (Å²) in [7, 11) is 1.27. The number of esters is 1. The van der Waals surface area contributed by atoms with Crippen LogP contribution in [0.25, 0.3) is 0 Å². The first kappa shape index (κ1) is 21.3. The molecule has 2 N–H and O–H groups in total. The molecule has 0 aliphatic heterocycles. The maximum absolute atomic E-state index is 12.1. The number of alkyl carbamates (subject to hydrolysis) is 1. The zero-order valence-electron chi connectivity index (χ0n) is 14.3. The average molecular weight is 346 g/mol. The molecule has 0 aromatic carbocycles. The monoisotopic (exact) mass is 346 g/mol. The van der Waals surface area contributed by atoms with Crippen LogP contribution >= 0.6 is 11.8 Å². The lowest BCUT2D eigenvalue weighted by Crippen LogP contribution is -2.48. The van der Waals surface area contributed by atoms with Crippen LogP contribution in [0.15, 0.2) is 12.2 Å². The van der Waals surface area contributed by atoms with Gasteiger partial charge < -0.3 is 20.1 Å². The summed E-state index contributed by atoms with van der Waals surface area (Å²) in [4.78, 5) is 34.8. The highest BCUT2D eigenvalue weighted by Crippen LogP contribution is 2.08. The molecule has 23 heavy (non-hydrogen) atoms. The minimum Gasteiger partial charge on any atom is -0.466 e. The summed E-state index contributed by atoms with van der Waals surface area (Å²) in [6.45, 7) is 5.42. The second-order valence-corrected chi connectivity index (χ2v) is 6.64. The molecule has 1 atom stereocenters. The highest BCUT2D eigenvalue weighted by atomic mass is 32.2. The highest BCUT2D eigenvalue weighted by molar-refractivity contribution is 7.98. The van der Waals surface area contributed by atoms with Crippen LogP contribution in [0, 0.1) is 0 Å². The third kappa shape index (κ3) is 11.5. The minimum atomic E-state index is -0.691. The van der Waals surface area contributed by atoms with E-state index in [1.165, 1.54) is 19.3 Å². The molecule has 0 rings (SSSR count). The lowest BCUT2D eigenvalue weighted by atomic mass is 10.2. The van der Waals surface area contributed by atoms with E-state index in [4.69, 9.17) is 4.74 Å². The lowest BCUT2D eigenvalue weighted by Gasteiger charge is -2.23. The standard InChI is InChI=1S/C15H26N2O5S/c1-15(2,3)22-14(20)17-11(8-10-23-5)13(19)16-9-6-7-12(18)21-4/h6-7,11H,8-10H2,1-5H3,(H,16,19)(H,17,20)/b7-6+/t11-/m0/s1. The Bertz CT molecular complexity index is 432. The van der Waals surface area contributed by atoms with Crippen molar-refractivity contribution < 1.29 is 23.9 Å². The molecule has 0 unspecified atom stereocenters. The first-order chi connectivity index (χ1) is 10.7. The summed E-state index contributed by atoms with van der Waals surface area (Å²) in [6.07, 6.45) is 4.46. The summed E-state index contributed by atoms with van der Waals surface area (Å²) >= 11 is 1.58. The number of nitrogens with one attached hydrogen (secondary N) is 2. The molecule has 0 heterocycles. The van der Waals surface area contributed by atoms with Crippen LogP contribution in [0.5, 0.6) is 0 Å². The van der Waals surface area contributed by atoms with Crippen molar-refractivity contribution >= 4 is 29.7 Å². The summed E-state index contributed by atoms with van der Waals surface area (Å²) < 4.78 is 9.60. The summed E-state index contributed by atoms with van der Waals surface area (Å²) in [5.74, 6) is -0.115. The molecule has 0 aromatic heterocycles. The average Bonchev–Trinajstić information content (AvgIpc) is 2.45. The predicted molar refractivity (Wildman–Crippen MR) is 90.3 cm³/mol. The Labute approximate surface area is 141 Å². The summed E-state index contributed by atoms with van der Waals surface area (Å²) in [6, 6.07) is -0.691. The van der Waals surface area contributed by atoms with Gasteiger partial charge in [0.05, 0.1) is 7.11 Å². The van der Waals surface area contributed by atoms with Crippen molar-refractivity contribution in [3.8, 4) is 0 Å². The normalized spacial score (nSPS) is 12.6. The van der Waals surface area contributed by atoms with Crippen molar-refractivity contribution in [3.63, 3.8) is 0 Å². The first-order valence-corrected chi connectivity index (χ1v) is 8.59. The molecule has 0 aromatic rings. The number of carbonyl (C=O) groups excluding carboxylic acids is 3. The van der Waals surface area contributed by atoms with Gasteiger partial charge in [0, 0.05) is 12.6 Å². The van der Waals surface area contributed by atoms with Crippen molar-refractivity contribution in [2.75, 3.05) is 25.7 Å². The van der Waals surface area contributed by atoms with Gasteiger partial charge in [-0.15, -0.1) is 0 Å². The van der Waals surface area contributed by atoms with Gasteiger partial charge >= 0.3 is 12.1 Å². The van der Waals surface area contributed by atoms with E-state index in [0.717, 1.165) is 0 Å². The van der Waals surface area contributed by atoms with Crippen LogP contribution in [0.3, 0.4) is 0 Å². The van der Waals surface area contributed by atoms with E-state index in [1.54, 1.807) is 32.5 Å². The summed E-state index contributed by atoms with van der Waals surface area (Å²) in [5, 5.41) is 5.19. The Morgan fingerprint density at radius 3 is 2.43 bits per heavy atom.